The van der Waals surface area contributed by atoms with Crippen LogP contribution in [-0.4, -0.2) is 53.6 Å². The maximum atomic E-state index is 11.0. The molecular formula is C23H33NO6. The summed E-state index contributed by atoms with van der Waals surface area (Å²) in [7, 11) is 0. The Labute approximate surface area is 177 Å². The molecule has 1 saturated heterocycles. The molecule has 0 amide bonds. The summed E-state index contributed by atoms with van der Waals surface area (Å²) in [4.78, 5) is 16.2. The summed E-state index contributed by atoms with van der Waals surface area (Å²) in [6, 6.07) is 0. The highest BCUT2D eigenvalue weighted by molar-refractivity contribution is 5.99. The number of hydrogen-bond acceptors (Lipinski definition) is 6. The van der Waals surface area contributed by atoms with Gasteiger partial charge in [-0.15, -0.1) is 0 Å². The lowest BCUT2D eigenvalue weighted by atomic mass is 9.47. The number of aliphatic hydroxyl groups is 1. The van der Waals surface area contributed by atoms with Crippen molar-refractivity contribution in [3.63, 3.8) is 0 Å². The SMILES string of the molecule is C[C@]12CC[C@H](O)CC1=C/C(=N/OCC(=O)O)C1C2CC[C@@]2(C)C1CCC21OCCO1. The zero-order chi connectivity index (χ0) is 21.1. The minimum atomic E-state index is -1.03. The van der Waals surface area contributed by atoms with Crippen LogP contribution in [0.5, 0.6) is 0 Å². The van der Waals surface area contributed by atoms with E-state index in [1.54, 1.807) is 0 Å². The fourth-order valence-corrected chi connectivity index (χ4v) is 7.54. The van der Waals surface area contributed by atoms with E-state index in [1.807, 2.05) is 0 Å². The van der Waals surface area contributed by atoms with Crippen LogP contribution in [0.1, 0.15) is 58.8 Å². The number of fused-ring (bicyclic) bond motifs is 6. The molecule has 1 aliphatic heterocycles. The number of nitrogens with zero attached hydrogens (tertiary/aromatic N) is 1. The predicted molar refractivity (Wildman–Crippen MR) is 109 cm³/mol. The number of carbonyl (C=O) groups is 1. The average Bonchev–Trinajstić information content (AvgIpc) is 3.29. The van der Waals surface area contributed by atoms with Crippen molar-refractivity contribution in [3.05, 3.63) is 11.6 Å². The van der Waals surface area contributed by atoms with Crippen LogP contribution < -0.4 is 0 Å². The molecule has 0 bridgehead atoms. The van der Waals surface area contributed by atoms with Gasteiger partial charge in [0.05, 0.1) is 25.0 Å². The molecule has 30 heavy (non-hydrogen) atoms. The molecule has 3 unspecified atom stereocenters. The third kappa shape index (κ3) is 2.81. The molecule has 1 heterocycles. The van der Waals surface area contributed by atoms with Crippen molar-refractivity contribution in [1.82, 2.24) is 0 Å². The van der Waals surface area contributed by atoms with E-state index >= 15 is 0 Å². The fraction of sp³-hybridized carbons (Fsp3) is 0.826. The fourth-order valence-electron chi connectivity index (χ4n) is 7.54. The van der Waals surface area contributed by atoms with Crippen LogP contribution >= 0.6 is 0 Å². The van der Waals surface area contributed by atoms with Crippen molar-refractivity contribution in [2.45, 2.75) is 70.7 Å². The molecule has 0 aromatic rings. The molecule has 166 valence electrons. The Hall–Kier alpha value is -1.44. The number of hydrogen-bond donors (Lipinski definition) is 2. The van der Waals surface area contributed by atoms with Gasteiger partial charge >= 0.3 is 5.97 Å². The van der Waals surface area contributed by atoms with E-state index in [1.165, 1.54) is 5.57 Å². The number of carboxylic acids is 1. The van der Waals surface area contributed by atoms with Crippen molar-refractivity contribution in [2.75, 3.05) is 19.8 Å². The van der Waals surface area contributed by atoms with Gasteiger partial charge in [-0.2, -0.15) is 0 Å². The average molecular weight is 420 g/mol. The molecule has 5 rings (SSSR count). The molecular weight excluding hydrogens is 386 g/mol. The summed E-state index contributed by atoms with van der Waals surface area (Å²) in [5, 5.41) is 23.7. The molecule has 3 saturated carbocycles. The topological polar surface area (TPSA) is 97.6 Å². The van der Waals surface area contributed by atoms with Gasteiger partial charge < -0.3 is 24.5 Å². The van der Waals surface area contributed by atoms with Gasteiger partial charge in [0.25, 0.3) is 0 Å². The first kappa shape index (κ1) is 20.5. The van der Waals surface area contributed by atoms with Crippen molar-refractivity contribution in [3.8, 4) is 0 Å². The quantitative estimate of drug-likeness (QED) is 0.682. The largest absolute Gasteiger partial charge is 0.479 e. The summed E-state index contributed by atoms with van der Waals surface area (Å²) in [6.07, 6.45) is 8.27. The van der Waals surface area contributed by atoms with Gasteiger partial charge in [-0.25, -0.2) is 4.79 Å². The van der Waals surface area contributed by atoms with Crippen LogP contribution in [0.3, 0.4) is 0 Å². The van der Waals surface area contributed by atoms with Crippen molar-refractivity contribution in [1.29, 1.82) is 0 Å². The maximum Gasteiger partial charge on any atom is 0.344 e. The third-order valence-corrected chi connectivity index (χ3v) is 9.09. The molecule has 0 aromatic heterocycles. The molecule has 2 N–H and O–H groups in total. The molecule has 0 aromatic carbocycles. The number of rotatable bonds is 3. The molecule has 6 atom stereocenters. The van der Waals surface area contributed by atoms with Gasteiger partial charge in [-0.05, 0) is 61.9 Å². The lowest BCUT2D eigenvalue weighted by Gasteiger charge is -2.58. The number of aliphatic hydroxyl groups excluding tert-OH is 1. The first-order valence-corrected chi connectivity index (χ1v) is 11.4. The van der Waals surface area contributed by atoms with Crippen LogP contribution in [0.25, 0.3) is 0 Å². The van der Waals surface area contributed by atoms with E-state index in [4.69, 9.17) is 19.4 Å². The van der Waals surface area contributed by atoms with Crippen LogP contribution in [-0.2, 0) is 19.1 Å². The normalized spacial score (nSPS) is 45.6. The second kappa shape index (κ2) is 7.04. The third-order valence-electron chi connectivity index (χ3n) is 9.09. The van der Waals surface area contributed by atoms with Gasteiger partial charge in [-0.1, -0.05) is 24.6 Å². The molecule has 5 aliphatic rings. The van der Waals surface area contributed by atoms with Crippen molar-refractivity contribution < 1.29 is 29.3 Å². The highest BCUT2D eigenvalue weighted by Crippen LogP contribution is 2.68. The lowest BCUT2D eigenvalue weighted by molar-refractivity contribution is -0.238. The standard InChI is InChI=1S/C23H33NO6/c1-21-6-3-15(25)11-14(21)12-18(24-30-13-19(26)27)20-16(21)4-7-22(2)17(20)5-8-23(22)28-9-10-29-23/h12,15-17,20,25H,3-11,13H2,1-2H3,(H,26,27)/b24-18-/t15-,16?,17?,20?,21-,22-/m0/s1. The Morgan fingerprint density at radius 2 is 1.90 bits per heavy atom. The molecule has 1 spiro atoms. The van der Waals surface area contributed by atoms with Crippen LogP contribution in [0.2, 0.25) is 0 Å². The Bertz CT molecular complexity index is 787. The van der Waals surface area contributed by atoms with Gasteiger partial charge in [0, 0.05) is 17.8 Å². The van der Waals surface area contributed by atoms with Gasteiger partial charge in [0.1, 0.15) is 0 Å². The minimum Gasteiger partial charge on any atom is -0.479 e. The molecule has 0 radical (unpaired) electrons. The lowest BCUT2D eigenvalue weighted by Crippen LogP contribution is -2.57. The number of aliphatic carboxylic acids is 1. The van der Waals surface area contributed by atoms with Crippen LogP contribution in [0, 0.1) is 28.6 Å². The molecule has 4 aliphatic carbocycles. The van der Waals surface area contributed by atoms with Gasteiger partial charge in [0.2, 0.25) is 6.61 Å². The number of allylic oxidation sites excluding steroid dienone is 1. The summed E-state index contributed by atoms with van der Waals surface area (Å²) in [6.45, 7) is 5.53. The van der Waals surface area contributed by atoms with E-state index in [-0.39, 0.29) is 22.9 Å². The highest BCUT2D eigenvalue weighted by Gasteiger charge is 2.67. The predicted octanol–water partition coefficient (Wildman–Crippen LogP) is 3.12. The summed E-state index contributed by atoms with van der Waals surface area (Å²) < 4.78 is 12.5. The van der Waals surface area contributed by atoms with Crippen LogP contribution in [0.4, 0.5) is 0 Å². The zero-order valence-electron chi connectivity index (χ0n) is 17.9. The van der Waals surface area contributed by atoms with E-state index in [2.05, 4.69) is 25.1 Å². The second-order valence-corrected chi connectivity index (χ2v) is 10.4. The van der Waals surface area contributed by atoms with E-state index < -0.39 is 18.4 Å². The second-order valence-electron chi connectivity index (χ2n) is 10.4. The summed E-state index contributed by atoms with van der Waals surface area (Å²) in [5.41, 5.74) is 2.04. The van der Waals surface area contributed by atoms with E-state index in [9.17, 15) is 9.90 Å². The zero-order valence-corrected chi connectivity index (χ0v) is 17.9. The Morgan fingerprint density at radius 3 is 2.63 bits per heavy atom. The molecule has 7 nitrogen and oxygen atoms in total. The Morgan fingerprint density at radius 1 is 1.17 bits per heavy atom. The Balaban J connectivity index is 1.55. The Kier molecular flexibility index (Phi) is 4.80. The van der Waals surface area contributed by atoms with Crippen LogP contribution in [0.15, 0.2) is 16.8 Å². The summed E-state index contributed by atoms with van der Waals surface area (Å²) >= 11 is 0. The number of oxime groups is 1. The number of carboxylic acid groups (broad SMARTS) is 1. The van der Waals surface area contributed by atoms with E-state index in [0.717, 1.165) is 44.2 Å². The smallest absolute Gasteiger partial charge is 0.344 e. The molecule has 7 heteroatoms. The highest BCUT2D eigenvalue weighted by atomic mass is 16.7. The summed E-state index contributed by atoms with van der Waals surface area (Å²) in [5.74, 6) is -0.578. The first-order valence-electron chi connectivity index (χ1n) is 11.4. The van der Waals surface area contributed by atoms with Gasteiger partial charge in [0.15, 0.2) is 5.79 Å². The van der Waals surface area contributed by atoms with Crippen molar-refractivity contribution >= 4 is 11.7 Å². The van der Waals surface area contributed by atoms with E-state index in [0.29, 0.717) is 31.5 Å². The van der Waals surface area contributed by atoms with Crippen molar-refractivity contribution in [2.24, 2.45) is 33.7 Å². The monoisotopic (exact) mass is 419 g/mol. The first-order chi connectivity index (χ1) is 14.3. The molecule has 4 fully saturated rings. The van der Waals surface area contributed by atoms with Gasteiger partial charge in [-0.3, -0.25) is 0 Å². The maximum absolute atomic E-state index is 11.0. The number of ether oxygens (including phenoxy) is 2. The minimum absolute atomic E-state index is 0.0458.